The summed E-state index contributed by atoms with van der Waals surface area (Å²) in [7, 11) is 0. The van der Waals surface area contributed by atoms with Gasteiger partial charge in [0.15, 0.2) is 5.76 Å². The van der Waals surface area contributed by atoms with E-state index in [1.807, 2.05) is 44.2 Å². The van der Waals surface area contributed by atoms with Crippen LogP contribution in [-0.2, 0) is 16.0 Å². The maximum absolute atomic E-state index is 13.2. The Bertz CT molecular complexity index is 825. The van der Waals surface area contributed by atoms with Gasteiger partial charge in [-0.3, -0.25) is 14.4 Å². The largest absolute Gasteiger partial charge is 0.459 e. The first kappa shape index (κ1) is 20.6. The van der Waals surface area contributed by atoms with Gasteiger partial charge >= 0.3 is 0 Å². The summed E-state index contributed by atoms with van der Waals surface area (Å²) in [5.41, 5.74) is 0.958. The summed E-state index contributed by atoms with van der Waals surface area (Å²) in [6, 6.07) is 12.1. The average molecular weight is 397 g/mol. The molecule has 7 nitrogen and oxygen atoms in total. The van der Waals surface area contributed by atoms with Crippen molar-refractivity contribution < 1.29 is 18.8 Å². The molecule has 0 spiro atoms. The second kappa shape index (κ2) is 9.41. The second-order valence-electron chi connectivity index (χ2n) is 7.50. The van der Waals surface area contributed by atoms with Crippen LogP contribution in [-0.4, -0.2) is 59.7 Å². The van der Waals surface area contributed by atoms with Gasteiger partial charge in [-0.15, -0.1) is 0 Å². The van der Waals surface area contributed by atoms with Crippen molar-refractivity contribution in [3.63, 3.8) is 0 Å². The highest BCUT2D eigenvalue weighted by atomic mass is 16.3. The summed E-state index contributed by atoms with van der Waals surface area (Å²) in [5, 5.41) is 2.81. The topological polar surface area (TPSA) is 82.9 Å². The van der Waals surface area contributed by atoms with Gasteiger partial charge < -0.3 is 19.5 Å². The molecule has 1 aliphatic rings. The zero-order chi connectivity index (χ0) is 20.8. The Hall–Kier alpha value is -3.09. The quantitative estimate of drug-likeness (QED) is 0.808. The predicted molar refractivity (Wildman–Crippen MR) is 108 cm³/mol. The zero-order valence-corrected chi connectivity index (χ0v) is 16.8. The van der Waals surface area contributed by atoms with Crippen molar-refractivity contribution in [2.24, 2.45) is 5.92 Å². The standard InChI is InChI=1S/C22H27N3O4/c1-16(2)21(27)24-10-12-25(13-11-24)22(28)18(15-17-7-4-3-5-8-17)23-20(26)19-9-6-14-29-19/h3-9,14,16,18H,10-13,15H2,1-2H3,(H,23,26). The first-order chi connectivity index (χ1) is 14.0. The number of carbonyl (C=O) groups excluding carboxylic acids is 3. The van der Waals surface area contributed by atoms with E-state index in [4.69, 9.17) is 4.42 Å². The van der Waals surface area contributed by atoms with Crippen LogP contribution in [0, 0.1) is 5.92 Å². The van der Waals surface area contributed by atoms with E-state index in [2.05, 4.69) is 5.32 Å². The molecule has 1 aromatic carbocycles. The predicted octanol–water partition coefficient (Wildman–Crippen LogP) is 1.95. The lowest BCUT2D eigenvalue weighted by Crippen LogP contribution is -2.56. The smallest absolute Gasteiger partial charge is 0.287 e. The van der Waals surface area contributed by atoms with Gasteiger partial charge in [-0.2, -0.15) is 0 Å². The van der Waals surface area contributed by atoms with E-state index in [0.29, 0.717) is 32.6 Å². The number of benzene rings is 1. The molecule has 7 heteroatoms. The van der Waals surface area contributed by atoms with Crippen molar-refractivity contribution in [1.82, 2.24) is 15.1 Å². The maximum Gasteiger partial charge on any atom is 0.287 e. The molecule has 29 heavy (non-hydrogen) atoms. The highest BCUT2D eigenvalue weighted by Crippen LogP contribution is 2.12. The Kier molecular flexibility index (Phi) is 6.69. The fourth-order valence-electron chi connectivity index (χ4n) is 3.42. The van der Waals surface area contributed by atoms with Gasteiger partial charge in [0.05, 0.1) is 6.26 Å². The van der Waals surface area contributed by atoms with Crippen molar-refractivity contribution in [3.05, 3.63) is 60.1 Å². The van der Waals surface area contributed by atoms with Gasteiger partial charge in [0.1, 0.15) is 6.04 Å². The molecule has 1 N–H and O–H groups in total. The molecule has 0 saturated carbocycles. The van der Waals surface area contributed by atoms with Crippen molar-refractivity contribution in [2.75, 3.05) is 26.2 Å². The molecule has 3 rings (SSSR count). The van der Waals surface area contributed by atoms with Gasteiger partial charge in [0.2, 0.25) is 11.8 Å². The maximum atomic E-state index is 13.2. The first-order valence-corrected chi connectivity index (χ1v) is 9.91. The van der Waals surface area contributed by atoms with Gasteiger partial charge in [-0.1, -0.05) is 44.2 Å². The third-order valence-corrected chi connectivity index (χ3v) is 5.03. The van der Waals surface area contributed by atoms with Crippen LogP contribution in [0.5, 0.6) is 0 Å². The number of piperazine rings is 1. The normalized spacial score (nSPS) is 15.3. The number of carbonyl (C=O) groups is 3. The van der Waals surface area contributed by atoms with Crippen LogP contribution in [0.4, 0.5) is 0 Å². The zero-order valence-electron chi connectivity index (χ0n) is 16.8. The lowest BCUT2D eigenvalue weighted by molar-refractivity contribution is -0.142. The van der Waals surface area contributed by atoms with E-state index in [1.165, 1.54) is 6.26 Å². The second-order valence-corrected chi connectivity index (χ2v) is 7.50. The van der Waals surface area contributed by atoms with Gasteiger partial charge in [0.25, 0.3) is 5.91 Å². The van der Waals surface area contributed by atoms with E-state index in [9.17, 15) is 14.4 Å². The molecule has 1 fully saturated rings. The van der Waals surface area contributed by atoms with E-state index >= 15 is 0 Å². The molecule has 1 aromatic heterocycles. The van der Waals surface area contributed by atoms with Crippen LogP contribution < -0.4 is 5.32 Å². The molecule has 1 atom stereocenters. The van der Waals surface area contributed by atoms with Crippen LogP contribution in [0.2, 0.25) is 0 Å². The molecular formula is C22H27N3O4. The molecule has 2 heterocycles. The number of hydrogen-bond donors (Lipinski definition) is 1. The Morgan fingerprint density at radius 3 is 2.10 bits per heavy atom. The minimum Gasteiger partial charge on any atom is -0.459 e. The molecule has 0 radical (unpaired) electrons. The van der Waals surface area contributed by atoms with Gasteiger partial charge in [-0.25, -0.2) is 0 Å². The molecule has 0 aliphatic carbocycles. The van der Waals surface area contributed by atoms with Crippen molar-refractivity contribution in [3.8, 4) is 0 Å². The molecule has 3 amide bonds. The summed E-state index contributed by atoms with van der Waals surface area (Å²) >= 11 is 0. The van der Waals surface area contributed by atoms with E-state index in [0.717, 1.165) is 5.56 Å². The minimum atomic E-state index is -0.706. The Morgan fingerprint density at radius 1 is 0.931 bits per heavy atom. The third kappa shape index (κ3) is 5.25. The average Bonchev–Trinajstić information content (AvgIpc) is 3.28. The van der Waals surface area contributed by atoms with Crippen LogP contribution >= 0.6 is 0 Å². The molecular weight excluding hydrogens is 370 g/mol. The SMILES string of the molecule is CC(C)C(=O)N1CCN(C(=O)C(Cc2ccccc2)NC(=O)c2ccco2)CC1. The van der Waals surface area contributed by atoms with Crippen LogP contribution in [0.25, 0.3) is 0 Å². The summed E-state index contributed by atoms with van der Waals surface area (Å²) < 4.78 is 5.15. The number of rotatable bonds is 6. The number of amides is 3. The highest BCUT2D eigenvalue weighted by molar-refractivity contribution is 5.95. The molecule has 1 aliphatic heterocycles. The van der Waals surface area contributed by atoms with E-state index in [-0.39, 0.29) is 23.5 Å². The minimum absolute atomic E-state index is 0.0596. The van der Waals surface area contributed by atoms with Crippen molar-refractivity contribution >= 4 is 17.7 Å². The summed E-state index contributed by atoms with van der Waals surface area (Å²) in [6.45, 7) is 5.68. The molecule has 1 saturated heterocycles. The third-order valence-electron chi connectivity index (χ3n) is 5.03. The van der Waals surface area contributed by atoms with Crippen LogP contribution in [0.3, 0.4) is 0 Å². The Labute approximate surface area is 170 Å². The summed E-state index contributed by atoms with van der Waals surface area (Å²) in [4.78, 5) is 41.4. The number of nitrogens with zero attached hydrogens (tertiary/aromatic N) is 2. The van der Waals surface area contributed by atoms with Crippen molar-refractivity contribution in [2.45, 2.75) is 26.3 Å². The van der Waals surface area contributed by atoms with Crippen LogP contribution in [0.15, 0.2) is 53.1 Å². The van der Waals surface area contributed by atoms with Crippen LogP contribution in [0.1, 0.15) is 30.0 Å². The highest BCUT2D eigenvalue weighted by Gasteiger charge is 2.31. The van der Waals surface area contributed by atoms with Crippen molar-refractivity contribution in [1.29, 1.82) is 0 Å². The summed E-state index contributed by atoms with van der Waals surface area (Å²) in [5.74, 6) is -0.355. The fraction of sp³-hybridized carbons (Fsp3) is 0.409. The Morgan fingerprint density at radius 2 is 1.55 bits per heavy atom. The number of furan rings is 1. The van der Waals surface area contributed by atoms with Gasteiger partial charge in [0, 0.05) is 38.5 Å². The van der Waals surface area contributed by atoms with E-state index in [1.54, 1.807) is 21.9 Å². The molecule has 154 valence electrons. The van der Waals surface area contributed by atoms with E-state index < -0.39 is 11.9 Å². The number of nitrogens with one attached hydrogen (secondary N) is 1. The molecule has 0 bridgehead atoms. The van der Waals surface area contributed by atoms with Gasteiger partial charge in [-0.05, 0) is 17.7 Å². The fourth-order valence-corrected chi connectivity index (χ4v) is 3.42. The lowest BCUT2D eigenvalue weighted by Gasteiger charge is -2.37. The molecule has 1 unspecified atom stereocenters. The Balaban J connectivity index is 1.69. The number of hydrogen-bond acceptors (Lipinski definition) is 4. The summed E-state index contributed by atoms with van der Waals surface area (Å²) in [6.07, 6.45) is 1.81. The molecule has 2 aromatic rings. The first-order valence-electron chi connectivity index (χ1n) is 9.91. The monoisotopic (exact) mass is 397 g/mol. The lowest BCUT2D eigenvalue weighted by atomic mass is 10.0.